The summed E-state index contributed by atoms with van der Waals surface area (Å²) in [5.74, 6) is -1.33. The first-order chi connectivity index (χ1) is 6.27. The van der Waals surface area contributed by atoms with Crippen LogP contribution < -0.4 is 0 Å². The van der Waals surface area contributed by atoms with Crippen molar-refractivity contribution in [2.24, 2.45) is 0 Å². The van der Waals surface area contributed by atoms with Crippen molar-refractivity contribution < 1.29 is 13.5 Å². The molecule has 70 valence electrons. The van der Waals surface area contributed by atoms with Crippen LogP contribution in [0.3, 0.4) is 0 Å². The molecule has 0 N–H and O–H groups in total. The van der Waals surface area contributed by atoms with Gasteiger partial charge in [-0.1, -0.05) is 6.07 Å². The van der Waals surface area contributed by atoms with Gasteiger partial charge in [-0.25, -0.2) is 8.78 Å². The zero-order chi connectivity index (χ0) is 9.26. The zero-order valence-corrected chi connectivity index (χ0v) is 7.09. The molecule has 3 heteroatoms. The summed E-state index contributed by atoms with van der Waals surface area (Å²) in [6.07, 6.45) is 0.894. The number of benzene rings is 1. The average molecular weight is 184 g/mol. The molecule has 1 aromatic carbocycles. The third kappa shape index (κ3) is 1.70. The fourth-order valence-corrected chi connectivity index (χ4v) is 1.56. The van der Waals surface area contributed by atoms with Crippen molar-refractivity contribution >= 4 is 0 Å². The lowest BCUT2D eigenvalue weighted by Gasteiger charge is -2.07. The normalized spacial score (nSPS) is 22.2. The van der Waals surface area contributed by atoms with Gasteiger partial charge in [0.2, 0.25) is 0 Å². The third-order valence-corrected chi connectivity index (χ3v) is 2.34. The molecule has 1 aromatic rings. The zero-order valence-electron chi connectivity index (χ0n) is 7.09. The topological polar surface area (TPSA) is 9.23 Å². The molecular formula is C10H10F2O. The van der Waals surface area contributed by atoms with Gasteiger partial charge in [0.1, 0.15) is 0 Å². The molecule has 0 aromatic heterocycles. The van der Waals surface area contributed by atoms with E-state index in [2.05, 4.69) is 0 Å². The Balaban J connectivity index is 2.25. The van der Waals surface area contributed by atoms with Gasteiger partial charge in [-0.2, -0.15) is 0 Å². The smallest absolute Gasteiger partial charge is 0.159 e. The van der Waals surface area contributed by atoms with E-state index in [0.29, 0.717) is 13.2 Å². The summed E-state index contributed by atoms with van der Waals surface area (Å²) in [6, 6.07) is 4.05. The molecule has 0 bridgehead atoms. The summed E-state index contributed by atoms with van der Waals surface area (Å²) in [4.78, 5) is 0. The van der Waals surface area contributed by atoms with Gasteiger partial charge in [0.05, 0.1) is 6.61 Å². The second kappa shape index (κ2) is 3.42. The van der Waals surface area contributed by atoms with Crippen LogP contribution in [0, 0.1) is 11.6 Å². The van der Waals surface area contributed by atoms with E-state index in [1.54, 1.807) is 6.07 Å². The van der Waals surface area contributed by atoms with Gasteiger partial charge in [0.25, 0.3) is 0 Å². The Labute approximate surface area is 75.3 Å². The Kier molecular flexibility index (Phi) is 2.27. The van der Waals surface area contributed by atoms with Crippen molar-refractivity contribution in [3.8, 4) is 0 Å². The number of hydrogen-bond acceptors (Lipinski definition) is 1. The number of hydrogen-bond donors (Lipinski definition) is 0. The highest BCUT2D eigenvalue weighted by molar-refractivity contribution is 5.22. The van der Waals surface area contributed by atoms with Crippen molar-refractivity contribution in [1.29, 1.82) is 0 Å². The fraction of sp³-hybridized carbons (Fsp3) is 0.400. The maximum atomic E-state index is 12.8. The Bertz CT molecular complexity index is 306. The Morgan fingerprint density at radius 2 is 2.08 bits per heavy atom. The van der Waals surface area contributed by atoms with E-state index in [-0.39, 0.29) is 5.92 Å². The Morgan fingerprint density at radius 1 is 1.23 bits per heavy atom. The number of rotatable bonds is 1. The molecular weight excluding hydrogens is 174 g/mol. The molecule has 1 saturated heterocycles. The molecule has 0 aliphatic carbocycles. The fourth-order valence-electron chi connectivity index (χ4n) is 1.56. The van der Waals surface area contributed by atoms with Crippen LogP contribution in [0.2, 0.25) is 0 Å². The van der Waals surface area contributed by atoms with Gasteiger partial charge in [-0.15, -0.1) is 0 Å². The van der Waals surface area contributed by atoms with Crippen LogP contribution in [-0.2, 0) is 4.74 Å². The van der Waals surface area contributed by atoms with E-state index in [1.165, 1.54) is 12.1 Å². The first kappa shape index (κ1) is 8.63. The SMILES string of the molecule is Fc1ccc(C2CCOC2)cc1F. The van der Waals surface area contributed by atoms with Gasteiger partial charge < -0.3 is 4.74 Å². The molecule has 0 radical (unpaired) electrons. The predicted octanol–water partition coefficient (Wildman–Crippen LogP) is 2.47. The maximum absolute atomic E-state index is 12.8. The molecule has 2 rings (SSSR count). The monoisotopic (exact) mass is 184 g/mol. The average Bonchev–Trinajstić information content (AvgIpc) is 2.62. The second-order valence-corrected chi connectivity index (χ2v) is 3.23. The summed E-state index contributed by atoms with van der Waals surface area (Å²) in [5, 5.41) is 0. The quantitative estimate of drug-likeness (QED) is 0.651. The van der Waals surface area contributed by atoms with Crippen molar-refractivity contribution in [3.05, 3.63) is 35.4 Å². The molecule has 1 heterocycles. The largest absolute Gasteiger partial charge is 0.381 e. The minimum Gasteiger partial charge on any atom is -0.381 e. The highest BCUT2D eigenvalue weighted by Crippen LogP contribution is 2.25. The Morgan fingerprint density at radius 3 is 2.69 bits per heavy atom. The van der Waals surface area contributed by atoms with Gasteiger partial charge in [0, 0.05) is 12.5 Å². The van der Waals surface area contributed by atoms with Gasteiger partial charge in [-0.3, -0.25) is 0 Å². The molecule has 13 heavy (non-hydrogen) atoms. The molecule has 0 saturated carbocycles. The van der Waals surface area contributed by atoms with E-state index < -0.39 is 11.6 Å². The molecule has 1 aliphatic rings. The van der Waals surface area contributed by atoms with Crippen LogP contribution in [0.25, 0.3) is 0 Å². The lowest BCUT2D eigenvalue weighted by atomic mass is 9.98. The van der Waals surface area contributed by atoms with Gasteiger partial charge in [-0.05, 0) is 24.1 Å². The lowest BCUT2D eigenvalue weighted by molar-refractivity contribution is 0.194. The van der Waals surface area contributed by atoms with Crippen LogP contribution in [0.1, 0.15) is 17.9 Å². The summed E-state index contributed by atoms with van der Waals surface area (Å²) in [5.41, 5.74) is 0.830. The minimum atomic E-state index is -0.789. The minimum absolute atomic E-state index is 0.232. The molecule has 1 aliphatic heterocycles. The molecule has 1 unspecified atom stereocenters. The summed E-state index contributed by atoms with van der Waals surface area (Å²) >= 11 is 0. The van der Waals surface area contributed by atoms with Gasteiger partial charge in [0.15, 0.2) is 11.6 Å². The van der Waals surface area contributed by atoms with E-state index in [4.69, 9.17) is 4.74 Å². The highest BCUT2D eigenvalue weighted by atomic mass is 19.2. The first-order valence-corrected chi connectivity index (χ1v) is 4.30. The van der Waals surface area contributed by atoms with Crippen LogP contribution in [0.5, 0.6) is 0 Å². The summed E-state index contributed by atoms with van der Waals surface area (Å²) < 4.78 is 30.6. The van der Waals surface area contributed by atoms with Crippen molar-refractivity contribution in [3.63, 3.8) is 0 Å². The maximum Gasteiger partial charge on any atom is 0.159 e. The van der Waals surface area contributed by atoms with E-state index in [0.717, 1.165) is 12.0 Å². The molecule has 0 spiro atoms. The van der Waals surface area contributed by atoms with Crippen LogP contribution in [0.15, 0.2) is 18.2 Å². The first-order valence-electron chi connectivity index (χ1n) is 4.30. The van der Waals surface area contributed by atoms with E-state index in [1.807, 2.05) is 0 Å². The highest BCUT2D eigenvalue weighted by Gasteiger charge is 2.18. The van der Waals surface area contributed by atoms with Crippen molar-refractivity contribution in [1.82, 2.24) is 0 Å². The summed E-state index contributed by atoms with van der Waals surface area (Å²) in [6.45, 7) is 1.33. The molecule has 1 fully saturated rings. The van der Waals surface area contributed by atoms with E-state index in [9.17, 15) is 8.78 Å². The van der Waals surface area contributed by atoms with Crippen LogP contribution >= 0.6 is 0 Å². The predicted molar refractivity (Wildman–Crippen MR) is 44.5 cm³/mol. The number of ether oxygens (including phenoxy) is 1. The van der Waals surface area contributed by atoms with Gasteiger partial charge >= 0.3 is 0 Å². The second-order valence-electron chi connectivity index (χ2n) is 3.23. The van der Waals surface area contributed by atoms with Crippen molar-refractivity contribution in [2.75, 3.05) is 13.2 Å². The van der Waals surface area contributed by atoms with Crippen molar-refractivity contribution in [2.45, 2.75) is 12.3 Å². The molecule has 1 nitrogen and oxygen atoms in total. The molecule has 1 atom stereocenters. The Hall–Kier alpha value is -0.960. The standard InChI is InChI=1S/C10H10F2O/c11-9-2-1-7(5-10(9)12)8-3-4-13-6-8/h1-2,5,8H,3-4,6H2. The summed E-state index contributed by atoms with van der Waals surface area (Å²) in [7, 11) is 0. The number of halogens is 2. The van der Waals surface area contributed by atoms with Crippen LogP contribution in [0.4, 0.5) is 8.78 Å². The molecule has 0 amide bonds. The van der Waals surface area contributed by atoms with Crippen LogP contribution in [-0.4, -0.2) is 13.2 Å². The lowest BCUT2D eigenvalue weighted by Crippen LogP contribution is -1.98. The van der Waals surface area contributed by atoms with E-state index >= 15 is 0 Å². The third-order valence-electron chi connectivity index (χ3n) is 2.34.